The summed E-state index contributed by atoms with van der Waals surface area (Å²) in [5.41, 5.74) is -0.384. The van der Waals surface area contributed by atoms with Gasteiger partial charge in [0.2, 0.25) is 0 Å². The molecule has 0 radical (unpaired) electrons. The van der Waals surface area contributed by atoms with Crippen molar-refractivity contribution in [1.29, 1.82) is 0 Å². The molecule has 110 valence electrons. The van der Waals surface area contributed by atoms with Gasteiger partial charge in [0.25, 0.3) is 0 Å². The van der Waals surface area contributed by atoms with Gasteiger partial charge in [-0.05, 0) is 45.4 Å². The zero-order chi connectivity index (χ0) is 14.1. The fourth-order valence-electron chi connectivity index (χ4n) is 3.03. The minimum absolute atomic E-state index is 0.00184. The molecule has 2 aliphatic heterocycles. The largest absolute Gasteiger partial charge is 0.444 e. The van der Waals surface area contributed by atoms with Gasteiger partial charge in [-0.2, -0.15) is 0 Å². The predicted octanol–water partition coefficient (Wildman–Crippen LogP) is 1.78. The molecule has 5 heteroatoms. The van der Waals surface area contributed by atoms with E-state index >= 15 is 0 Å². The predicted molar refractivity (Wildman–Crippen MR) is 70.9 cm³/mol. The Morgan fingerprint density at radius 3 is 2.58 bits per heavy atom. The summed E-state index contributed by atoms with van der Waals surface area (Å²) < 4.78 is 10.8. The van der Waals surface area contributed by atoms with E-state index in [-0.39, 0.29) is 24.2 Å². The van der Waals surface area contributed by atoms with Crippen molar-refractivity contribution in [2.24, 2.45) is 5.41 Å². The van der Waals surface area contributed by atoms with Crippen molar-refractivity contribution in [3.63, 3.8) is 0 Å². The Balaban J connectivity index is 2.05. The zero-order valence-corrected chi connectivity index (χ0v) is 12.1. The van der Waals surface area contributed by atoms with Crippen molar-refractivity contribution in [2.75, 3.05) is 26.4 Å². The van der Waals surface area contributed by atoms with E-state index in [1.165, 1.54) is 0 Å². The van der Waals surface area contributed by atoms with E-state index in [2.05, 4.69) is 0 Å². The third kappa shape index (κ3) is 3.39. The van der Waals surface area contributed by atoms with Crippen molar-refractivity contribution in [2.45, 2.75) is 51.7 Å². The number of carbonyl (C=O) groups is 1. The Hall–Kier alpha value is -0.810. The summed E-state index contributed by atoms with van der Waals surface area (Å²) in [5, 5.41) is 9.52. The molecule has 2 aliphatic rings. The Bertz CT molecular complexity index is 331. The molecule has 1 spiro atoms. The molecular weight excluding hydrogens is 246 g/mol. The van der Waals surface area contributed by atoms with Crippen LogP contribution in [0.25, 0.3) is 0 Å². The van der Waals surface area contributed by atoms with Crippen LogP contribution in [0.4, 0.5) is 4.79 Å². The molecule has 0 aromatic rings. The highest BCUT2D eigenvalue weighted by atomic mass is 16.6. The molecule has 0 aromatic heterocycles. The molecule has 1 amide bonds. The van der Waals surface area contributed by atoms with Crippen molar-refractivity contribution in [3.05, 3.63) is 0 Å². The van der Waals surface area contributed by atoms with Crippen LogP contribution in [0.3, 0.4) is 0 Å². The van der Waals surface area contributed by atoms with Crippen LogP contribution < -0.4 is 0 Å². The lowest BCUT2D eigenvalue weighted by atomic mass is 9.78. The van der Waals surface area contributed by atoms with Crippen LogP contribution in [0.5, 0.6) is 0 Å². The number of aliphatic hydroxyl groups excluding tert-OH is 1. The van der Waals surface area contributed by atoms with Crippen LogP contribution >= 0.6 is 0 Å². The minimum atomic E-state index is -0.498. The molecule has 1 N–H and O–H groups in total. The van der Waals surface area contributed by atoms with Crippen LogP contribution in [0, 0.1) is 5.41 Å². The molecule has 0 bridgehead atoms. The van der Waals surface area contributed by atoms with Gasteiger partial charge < -0.3 is 19.5 Å². The number of rotatable bonds is 1. The number of carbonyl (C=O) groups excluding carboxylic acids is 1. The van der Waals surface area contributed by atoms with Crippen LogP contribution in [-0.2, 0) is 9.47 Å². The summed E-state index contributed by atoms with van der Waals surface area (Å²) in [7, 11) is 0. The first-order valence-electron chi connectivity index (χ1n) is 7.03. The lowest BCUT2D eigenvalue weighted by Gasteiger charge is -2.33. The quantitative estimate of drug-likeness (QED) is 0.790. The monoisotopic (exact) mass is 271 g/mol. The molecule has 19 heavy (non-hydrogen) atoms. The van der Waals surface area contributed by atoms with E-state index in [0.29, 0.717) is 6.54 Å². The minimum Gasteiger partial charge on any atom is -0.444 e. The van der Waals surface area contributed by atoms with Gasteiger partial charge in [-0.25, -0.2) is 4.79 Å². The Morgan fingerprint density at radius 1 is 1.42 bits per heavy atom. The SMILES string of the molecule is CC(C)(C)OC(=O)N1CC2(CCOCC2)CC1CO. The fourth-order valence-corrected chi connectivity index (χ4v) is 3.03. The number of hydrogen-bond acceptors (Lipinski definition) is 4. The summed E-state index contributed by atoms with van der Waals surface area (Å²) >= 11 is 0. The molecule has 2 rings (SSSR count). The molecule has 1 unspecified atom stereocenters. The Labute approximate surface area is 114 Å². The average molecular weight is 271 g/mol. The highest BCUT2D eigenvalue weighted by Crippen LogP contribution is 2.43. The first-order chi connectivity index (χ1) is 8.85. The van der Waals surface area contributed by atoms with E-state index in [1.807, 2.05) is 20.8 Å². The van der Waals surface area contributed by atoms with Crippen molar-refractivity contribution >= 4 is 6.09 Å². The van der Waals surface area contributed by atoms with Crippen LogP contribution in [0.15, 0.2) is 0 Å². The topological polar surface area (TPSA) is 59.0 Å². The molecule has 0 saturated carbocycles. The van der Waals surface area contributed by atoms with Crippen LogP contribution in [0.2, 0.25) is 0 Å². The van der Waals surface area contributed by atoms with Gasteiger partial charge in [-0.1, -0.05) is 0 Å². The van der Waals surface area contributed by atoms with Gasteiger partial charge in [0.05, 0.1) is 12.6 Å². The molecule has 1 atom stereocenters. The molecule has 2 saturated heterocycles. The maximum absolute atomic E-state index is 12.2. The highest BCUT2D eigenvalue weighted by Gasteiger charge is 2.47. The summed E-state index contributed by atoms with van der Waals surface area (Å²) in [6.45, 7) is 7.76. The average Bonchev–Trinajstić information content (AvgIpc) is 2.67. The van der Waals surface area contributed by atoms with Crippen molar-refractivity contribution < 1.29 is 19.4 Å². The molecular formula is C14H25NO4. The zero-order valence-electron chi connectivity index (χ0n) is 12.1. The summed E-state index contributed by atoms with van der Waals surface area (Å²) in [6, 6.07) is -0.118. The molecule has 0 aromatic carbocycles. The maximum atomic E-state index is 12.2. The molecule has 0 aliphatic carbocycles. The third-order valence-corrected chi connectivity index (χ3v) is 4.01. The lowest BCUT2D eigenvalue weighted by molar-refractivity contribution is 0.00602. The van der Waals surface area contributed by atoms with Gasteiger partial charge in [0.15, 0.2) is 0 Å². The summed E-state index contributed by atoms with van der Waals surface area (Å²) in [6.07, 6.45) is 2.47. The fraction of sp³-hybridized carbons (Fsp3) is 0.929. The first kappa shape index (κ1) is 14.6. The first-order valence-corrected chi connectivity index (χ1v) is 7.03. The normalized spacial score (nSPS) is 26.7. The van der Waals surface area contributed by atoms with Crippen LogP contribution in [-0.4, -0.2) is 54.1 Å². The smallest absolute Gasteiger partial charge is 0.410 e. The number of ether oxygens (including phenoxy) is 2. The van der Waals surface area contributed by atoms with Gasteiger partial charge in [0, 0.05) is 19.8 Å². The number of hydrogen-bond donors (Lipinski definition) is 1. The van der Waals surface area contributed by atoms with E-state index in [4.69, 9.17) is 9.47 Å². The third-order valence-electron chi connectivity index (χ3n) is 4.01. The molecule has 2 heterocycles. The summed E-state index contributed by atoms with van der Waals surface area (Å²) in [5.74, 6) is 0. The van der Waals surface area contributed by atoms with E-state index in [0.717, 1.165) is 32.5 Å². The van der Waals surface area contributed by atoms with Gasteiger partial charge in [0.1, 0.15) is 5.60 Å². The Kier molecular flexibility index (Phi) is 4.06. The molecule has 5 nitrogen and oxygen atoms in total. The lowest BCUT2D eigenvalue weighted by Crippen LogP contribution is -2.42. The van der Waals surface area contributed by atoms with E-state index in [1.54, 1.807) is 4.90 Å². The highest BCUT2D eigenvalue weighted by molar-refractivity contribution is 5.69. The van der Waals surface area contributed by atoms with Crippen molar-refractivity contribution in [3.8, 4) is 0 Å². The standard InChI is InChI=1S/C14H25NO4/c1-13(2,3)19-12(17)15-10-14(8-11(15)9-16)4-6-18-7-5-14/h11,16H,4-10H2,1-3H3. The number of aliphatic hydroxyl groups is 1. The Morgan fingerprint density at radius 2 is 2.05 bits per heavy atom. The number of likely N-dealkylation sites (tertiary alicyclic amines) is 1. The second kappa shape index (κ2) is 5.29. The maximum Gasteiger partial charge on any atom is 0.410 e. The van der Waals surface area contributed by atoms with Crippen LogP contribution in [0.1, 0.15) is 40.0 Å². The second-order valence-corrected chi connectivity index (χ2v) is 6.76. The van der Waals surface area contributed by atoms with Gasteiger partial charge >= 0.3 is 6.09 Å². The van der Waals surface area contributed by atoms with Gasteiger partial charge in [-0.15, -0.1) is 0 Å². The van der Waals surface area contributed by atoms with Gasteiger partial charge in [-0.3, -0.25) is 0 Å². The number of nitrogens with zero attached hydrogens (tertiary/aromatic N) is 1. The number of amides is 1. The van der Waals surface area contributed by atoms with E-state index < -0.39 is 5.60 Å². The van der Waals surface area contributed by atoms with E-state index in [9.17, 15) is 9.90 Å². The second-order valence-electron chi connectivity index (χ2n) is 6.76. The summed E-state index contributed by atoms with van der Waals surface area (Å²) in [4.78, 5) is 13.9. The molecule has 2 fully saturated rings. The van der Waals surface area contributed by atoms with Crippen molar-refractivity contribution in [1.82, 2.24) is 4.90 Å².